The van der Waals surface area contributed by atoms with Gasteiger partial charge >= 0.3 is 5.97 Å². The molecule has 0 aromatic heterocycles. The number of ether oxygens (including phenoxy) is 1. The van der Waals surface area contributed by atoms with E-state index in [0.29, 0.717) is 0 Å². The van der Waals surface area contributed by atoms with Crippen LogP contribution in [0.3, 0.4) is 0 Å². The van der Waals surface area contributed by atoms with Gasteiger partial charge in [0.05, 0.1) is 12.5 Å². The number of rotatable bonds is 6. The lowest BCUT2D eigenvalue weighted by Crippen LogP contribution is -2.49. The molecule has 0 amide bonds. The van der Waals surface area contributed by atoms with Gasteiger partial charge in [0.1, 0.15) is 5.82 Å². The van der Waals surface area contributed by atoms with Gasteiger partial charge in [0, 0.05) is 28.6 Å². The van der Waals surface area contributed by atoms with Gasteiger partial charge in [-0.05, 0) is 68.7 Å². The van der Waals surface area contributed by atoms with Gasteiger partial charge in [0.25, 0.3) is 0 Å². The van der Waals surface area contributed by atoms with E-state index in [1.165, 1.54) is 31.9 Å². The van der Waals surface area contributed by atoms with Gasteiger partial charge in [-0.25, -0.2) is 4.39 Å². The largest absolute Gasteiger partial charge is 0.469 e. The molecule has 1 saturated carbocycles. The second-order valence-corrected chi connectivity index (χ2v) is 8.34. The fourth-order valence-electron chi connectivity index (χ4n) is 4.66. The molecule has 0 heterocycles. The lowest BCUT2D eigenvalue weighted by molar-refractivity contribution is -0.156. The average molecular weight is 397 g/mol. The van der Waals surface area contributed by atoms with Gasteiger partial charge in [-0.1, -0.05) is 25.3 Å². The Morgan fingerprint density at radius 3 is 2.38 bits per heavy atom. The Morgan fingerprint density at radius 2 is 1.79 bits per heavy atom. The molecular weight excluding hydrogens is 367 g/mol. The number of hydrogen-bond acceptors (Lipinski definition) is 4. The molecule has 1 aliphatic rings. The molecule has 0 atom stereocenters. The average Bonchev–Trinajstić information content (AvgIpc) is 2.75. The van der Waals surface area contributed by atoms with Crippen LogP contribution in [-0.2, 0) is 14.9 Å². The van der Waals surface area contributed by atoms with Crippen LogP contribution in [0.1, 0.15) is 57.1 Å². The molecule has 2 aromatic carbocycles. The Kier molecular flexibility index (Phi) is 6.06. The zero-order chi connectivity index (χ0) is 21.1. The Hall–Kier alpha value is -2.69. The first kappa shape index (κ1) is 21.0. The van der Waals surface area contributed by atoms with E-state index in [1.807, 2.05) is 26.0 Å². The summed E-state index contributed by atoms with van der Waals surface area (Å²) in [5.74, 6) is -0.494. The van der Waals surface area contributed by atoms with E-state index >= 15 is 0 Å². The van der Waals surface area contributed by atoms with E-state index in [-0.39, 0.29) is 17.2 Å². The maximum absolute atomic E-state index is 13.2. The highest BCUT2D eigenvalue weighted by Gasteiger charge is 2.52. The number of anilines is 2. The first-order valence-electron chi connectivity index (χ1n) is 10.1. The van der Waals surface area contributed by atoms with Crippen molar-refractivity contribution in [2.75, 3.05) is 12.4 Å². The minimum Gasteiger partial charge on any atom is -0.469 e. The van der Waals surface area contributed by atoms with Gasteiger partial charge in [-0.3, -0.25) is 4.79 Å². The molecule has 0 spiro atoms. The molecule has 5 heteroatoms. The third-order valence-electron chi connectivity index (χ3n) is 6.48. The SMILES string of the molecule is COC(=O)C(C)(C)C1(c2ccc(Nc3ccc(F)cc3)c(C=N)c2)CCCCC1. The Labute approximate surface area is 172 Å². The third kappa shape index (κ3) is 3.91. The summed E-state index contributed by atoms with van der Waals surface area (Å²) in [4.78, 5) is 12.7. The van der Waals surface area contributed by atoms with Crippen molar-refractivity contribution >= 4 is 23.6 Å². The Balaban J connectivity index is 2.02. The highest BCUT2D eigenvalue weighted by Crippen LogP contribution is 2.52. The molecule has 3 rings (SSSR count). The fourth-order valence-corrected chi connectivity index (χ4v) is 4.66. The maximum atomic E-state index is 13.2. The molecule has 0 bridgehead atoms. The molecule has 154 valence electrons. The molecule has 1 fully saturated rings. The standard InChI is InChI=1S/C24H29FN2O2/c1-23(2,22(28)29-3)24(13-5-4-6-14-24)18-7-12-21(17(15-18)16-26)27-20-10-8-19(25)9-11-20/h7-12,15-16,26-27H,4-6,13-14H2,1-3H3. The van der Waals surface area contributed by atoms with Gasteiger partial charge in [-0.2, -0.15) is 0 Å². The second-order valence-electron chi connectivity index (χ2n) is 8.34. The monoisotopic (exact) mass is 396 g/mol. The number of carbonyl (C=O) groups is 1. The Morgan fingerprint density at radius 1 is 1.14 bits per heavy atom. The molecule has 0 aliphatic heterocycles. The minimum atomic E-state index is -0.673. The molecule has 29 heavy (non-hydrogen) atoms. The lowest BCUT2D eigenvalue weighted by Gasteiger charge is -2.48. The van der Waals surface area contributed by atoms with Crippen LogP contribution in [-0.4, -0.2) is 19.3 Å². The summed E-state index contributed by atoms with van der Waals surface area (Å²) >= 11 is 0. The summed E-state index contributed by atoms with van der Waals surface area (Å²) in [5.41, 5.74) is 2.33. The number of halogens is 1. The molecule has 2 N–H and O–H groups in total. The summed E-state index contributed by atoms with van der Waals surface area (Å²) in [6, 6.07) is 12.1. The highest BCUT2D eigenvalue weighted by atomic mass is 19.1. The Bertz CT molecular complexity index is 884. The van der Waals surface area contributed by atoms with Crippen LogP contribution >= 0.6 is 0 Å². The molecule has 4 nitrogen and oxygen atoms in total. The molecule has 2 aromatic rings. The van der Waals surface area contributed by atoms with Crippen molar-refractivity contribution in [2.45, 2.75) is 51.4 Å². The summed E-state index contributed by atoms with van der Waals surface area (Å²) in [5, 5.41) is 11.2. The number of benzene rings is 2. The van der Waals surface area contributed by atoms with E-state index in [2.05, 4.69) is 11.4 Å². The lowest BCUT2D eigenvalue weighted by atomic mass is 9.55. The molecule has 0 unspecified atom stereocenters. The number of hydrogen-bond donors (Lipinski definition) is 2. The smallest absolute Gasteiger partial charge is 0.312 e. The van der Waals surface area contributed by atoms with Crippen LogP contribution in [0.25, 0.3) is 0 Å². The van der Waals surface area contributed by atoms with Crippen molar-refractivity contribution < 1.29 is 13.9 Å². The first-order chi connectivity index (χ1) is 13.8. The quantitative estimate of drug-likeness (QED) is 0.467. The zero-order valence-corrected chi connectivity index (χ0v) is 17.3. The van der Waals surface area contributed by atoms with Crippen molar-refractivity contribution in [3.8, 4) is 0 Å². The van der Waals surface area contributed by atoms with Crippen LogP contribution < -0.4 is 5.32 Å². The summed E-state index contributed by atoms with van der Waals surface area (Å²) < 4.78 is 18.3. The normalized spacial score (nSPS) is 16.1. The van der Waals surface area contributed by atoms with Crippen LogP contribution in [0.2, 0.25) is 0 Å². The number of methoxy groups -OCH3 is 1. The van der Waals surface area contributed by atoms with E-state index in [0.717, 1.165) is 48.2 Å². The summed E-state index contributed by atoms with van der Waals surface area (Å²) in [6.45, 7) is 3.94. The number of esters is 1. The zero-order valence-electron chi connectivity index (χ0n) is 17.3. The van der Waals surface area contributed by atoms with Crippen LogP contribution in [0.15, 0.2) is 42.5 Å². The van der Waals surface area contributed by atoms with E-state index in [1.54, 1.807) is 12.1 Å². The van der Waals surface area contributed by atoms with Crippen molar-refractivity contribution in [2.24, 2.45) is 5.41 Å². The van der Waals surface area contributed by atoms with Gasteiger partial charge in [0.15, 0.2) is 0 Å². The molecule has 0 radical (unpaired) electrons. The first-order valence-corrected chi connectivity index (χ1v) is 10.1. The number of nitrogens with one attached hydrogen (secondary N) is 2. The summed E-state index contributed by atoms with van der Waals surface area (Å²) in [6.07, 6.45) is 6.44. The number of carbonyl (C=O) groups excluding carboxylic acids is 1. The van der Waals surface area contributed by atoms with Crippen molar-refractivity contribution in [1.29, 1.82) is 5.41 Å². The van der Waals surface area contributed by atoms with Crippen molar-refractivity contribution in [1.82, 2.24) is 0 Å². The minimum absolute atomic E-state index is 0.204. The van der Waals surface area contributed by atoms with Gasteiger partial charge in [0.2, 0.25) is 0 Å². The van der Waals surface area contributed by atoms with Crippen LogP contribution in [0.5, 0.6) is 0 Å². The van der Waals surface area contributed by atoms with Crippen molar-refractivity contribution in [3.05, 3.63) is 59.4 Å². The van der Waals surface area contributed by atoms with E-state index < -0.39 is 5.41 Å². The molecule has 1 aliphatic carbocycles. The molecule has 0 saturated heterocycles. The fraction of sp³-hybridized carbons (Fsp3) is 0.417. The second kappa shape index (κ2) is 8.36. The third-order valence-corrected chi connectivity index (χ3v) is 6.48. The maximum Gasteiger partial charge on any atom is 0.312 e. The van der Waals surface area contributed by atoms with Crippen LogP contribution in [0, 0.1) is 16.6 Å². The van der Waals surface area contributed by atoms with Gasteiger partial charge < -0.3 is 15.5 Å². The van der Waals surface area contributed by atoms with E-state index in [9.17, 15) is 9.18 Å². The predicted molar refractivity (Wildman–Crippen MR) is 115 cm³/mol. The predicted octanol–water partition coefficient (Wildman–Crippen LogP) is 5.97. The topological polar surface area (TPSA) is 62.2 Å². The van der Waals surface area contributed by atoms with Crippen molar-refractivity contribution in [3.63, 3.8) is 0 Å². The highest BCUT2D eigenvalue weighted by molar-refractivity contribution is 5.88. The molecular formula is C24H29FN2O2. The van der Waals surface area contributed by atoms with E-state index in [4.69, 9.17) is 10.1 Å². The summed E-state index contributed by atoms with van der Waals surface area (Å²) in [7, 11) is 1.44. The van der Waals surface area contributed by atoms with Gasteiger partial charge in [-0.15, -0.1) is 0 Å². The van der Waals surface area contributed by atoms with Crippen LogP contribution in [0.4, 0.5) is 15.8 Å².